The highest BCUT2D eigenvalue weighted by molar-refractivity contribution is 5.96. The highest BCUT2D eigenvalue weighted by atomic mass is 16.5. The molecule has 0 atom stereocenters. The van der Waals surface area contributed by atoms with Gasteiger partial charge in [-0.15, -0.1) is 0 Å². The standard InChI is InChI=1S/C12H14N4O2/c1-7-8-4-5-15(2)11(8)16-10(14-7)9(6-13-16)12(17)18-3/h6H,4-5H2,1-3H3. The lowest BCUT2D eigenvalue weighted by atomic mass is 10.2. The first-order valence-electron chi connectivity index (χ1n) is 5.80. The summed E-state index contributed by atoms with van der Waals surface area (Å²) in [4.78, 5) is 18.3. The third kappa shape index (κ3) is 1.32. The molecule has 2 aromatic heterocycles. The van der Waals surface area contributed by atoms with Gasteiger partial charge in [0.05, 0.1) is 13.3 Å². The van der Waals surface area contributed by atoms with E-state index in [-0.39, 0.29) is 0 Å². The van der Waals surface area contributed by atoms with Crippen LogP contribution in [0.25, 0.3) is 5.65 Å². The van der Waals surface area contributed by atoms with Crippen molar-refractivity contribution in [1.29, 1.82) is 0 Å². The largest absolute Gasteiger partial charge is 0.465 e. The summed E-state index contributed by atoms with van der Waals surface area (Å²) in [5, 5.41) is 4.26. The number of likely N-dealkylation sites (N-methyl/N-ethyl adjacent to an activating group) is 1. The molecule has 94 valence electrons. The summed E-state index contributed by atoms with van der Waals surface area (Å²) >= 11 is 0. The molecule has 0 bridgehead atoms. The number of methoxy groups -OCH3 is 1. The fourth-order valence-corrected chi connectivity index (χ4v) is 2.44. The minimum Gasteiger partial charge on any atom is -0.465 e. The first-order valence-corrected chi connectivity index (χ1v) is 5.80. The number of hydrogen-bond donors (Lipinski definition) is 0. The zero-order valence-corrected chi connectivity index (χ0v) is 10.6. The van der Waals surface area contributed by atoms with E-state index < -0.39 is 5.97 Å². The van der Waals surface area contributed by atoms with Gasteiger partial charge in [0, 0.05) is 24.8 Å². The predicted molar refractivity (Wildman–Crippen MR) is 66.0 cm³/mol. The van der Waals surface area contributed by atoms with Gasteiger partial charge in [-0.1, -0.05) is 0 Å². The number of nitrogens with zero attached hydrogens (tertiary/aromatic N) is 4. The molecule has 3 rings (SSSR count). The maximum atomic E-state index is 11.7. The summed E-state index contributed by atoms with van der Waals surface area (Å²) in [6.07, 6.45) is 2.48. The van der Waals surface area contributed by atoms with E-state index in [0.29, 0.717) is 11.2 Å². The minimum atomic E-state index is -0.405. The van der Waals surface area contributed by atoms with E-state index in [2.05, 4.69) is 15.0 Å². The lowest BCUT2D eigenvalue weighted by Crippen LogP contribution is -2.16. The average molecular weight is 246 g/mol. The fraction of sp³-hybridized carbons (Fsp3) is 0.417. The van der Waals surface area contributed by atoms with Crippen LogP contribution in [0.15, 0.2) is 6.20 Å². The number of carbonyl (C=O) groups excluding carboxylic acids is 1. The van der Waals surface area contributed by atoms with Gasteiger partial charge in [-0.05, 0) is 13.3 Å². The number of esters is 1. The van der Waals surface area contributed by atoms with Crippen molar-refractivity contribution in [3.05, 3.63) is 23.0 Å². The van der Waals surface area contributed by atoms with Gasteiger partial charge in [-0.2, -0.15) is 9.61 Å². The minimum absolute atomic E-state index is 0.405. The van der Waals surface area contributed by atoms with Gasteiger partial charge in [0.25, 0.3) is 0 Å². The van der Waals surface area contributed by atoms with Crippen molar-refractivity contribution in [2.75, 3.05) is 25.6 Å². The first-order chi connectivity index (χ1) is 8.63. The Labute approximate surface area is 104 Å². The second-order valence-electron chi connectivity index (χ2n) is 4.46. The molecule has 6 heteroatoms. The summed E-state index contributed by atoms with van der Waals surface area (Å²) in [6.45, 7) is 2.91. The van der Waals surface area contributed by atoms with Crippen LogP contribution >= 0.6 is 0 Å². The van der Waals surface area contributed by atoms with Gasteiger partial charge in [-0.25, -0.2) is 9.78 Å². The Morgan fingerprint density at radius 3 is 3.00 bits per heavy atom. The quantitative estimate of drug-likeness (QED) is 0.697. The number of rotatable bonds is 1. The molecule has 0 spiro atoms. The SMILES string of the molecule is COC(=O)c1cnn2c3c(c(C)nc12)CCN3C. The molecule has 6 nitrogen and oxygen atoms in total. The highest BCUT2D eigenvalue weighted by Gasteiger charge is 2.25. The molecular formula is C12H14N4O2. The smallest absolute Gasteiger partial charge is 0.343 e. The van der Waals surface area contributed by atoms with Gasteiger partial charge in [0.2, 0.25) is 0 Å². The normalized spacial score (nSPS) is 14.1. The number of anilines is 1. The summed E-state index contributed by atoms with van der Waals surface area (Å²) in [6, 6.07) is 0. The van der Waals surface area contributed by atoms with Crippen LogP contribution in [-0.4, -0.2) is 41.3 Å². The van der Waals surface area contributed by atoms with Gasteiger partial charge in [-0.3, -0.25) is 0 Å². The first kappa shape index (κ1) is 11.0. The van der Waals surface area contributed by atoms with Crippen LogP contribution in [0.5, 0.6) is 0 Å². The summed E-state index contributed by atoms with van der Waals surface area (Å²) in [7, 11) is 3.38. The molecule has 0 fully saturated rings. The Kier molecular flexibility index (Phi) is 2.26. The molecular weight excluding hydrogens is 232 g/mol. The molecule has 0 saturated carbocycles. The van der Waals surface area contributed by atoms with Crippen molar-refractivity contribution >= 4 is 17.4 Å². The van der Waals surface area contributed by atoms with Crippen molar-refractivity contribution in [3.63, 3.8) is 0 Å². The van der Waals surface area contributed by atoms with Crippen molar-refractivity contribution in [3.8, 4) is 0 Å². The Hall–Kier alpha value is -2.11. The summed E-state index contributed by atoms with van der Waals surface area (Å²) in [5.41, 5.74) is 3.12. The van der Waals surface area contributed by atoms with Crippen LogP contribution in [0.4, 0.5) is 5.82 Å². The molecule has 0 aromatic carbocycles. The molecule has 0 radical (unpaired) electrons. The van der Waals surface area contributed by atoms with Crippen molar-refractivity contribution in [2.24, 2.45) is 0 Å². The zero-order chi connectivity index (χ0) is 12.9. The molecule has 1 aliphatic rings. The molecule has 0 N–H and O–H groups in total. The van der Waals surface area contributed by atoms with Crippen LogP contribution in [-0.2, 0) is 11.2 Å². The molecule has 2 aromatic rings. The lowest BCUT2D eigenvalue weighted by molar-refractivity contribution is 0.0602. The van der Waals surface area contributed by atoms with Gasteiger partial charge < -0.3 is 9.64 Å². The molecule has 0 amide bonds. The zero-order valence-electron chi connectivity index (χ0n) is 10.6. The van der Waals surface area contributed by atoms with Crippen molar-refractivity contribution < 1.29 is 9.53 Å². The van der Waals surface area contributed by atoms with E-state index in [1.165, 1.54) is 18.9 Å². The molecule has 18 heavy (non-hydrogen) atoms. The number of ether oxygens (including phenoxy) is 1. The Morgan fingerprint density at radius 2 is 2.28 bits per heavy atom. The number of fused-ring (bicyclic) bond motifs is 3. The van der Waals surface area contributed by atoms with E-state index in [0.717, 1.165) is 24.5 Å². The third-order valence-corrected chi connectivity index (χ3v) is 3.39. The Morgan fingerprint density at radius 1 is 1.50 bits per heavy atom. The van der Waals surface area contributed by atoms with E-state index in [1.54, 1.807) is 4.52 Å². The van der Waals surface area contributed by atoms with Crippen LogP contribution in [0.3, 0.4) is 0 Å². The summed E-state index contributed by atoms with van der Waals surface area (Å²) < 4.78 is 6.47. The maximum Gasteiger partial charge on any atom is 0.343 e. The predicted octanol–water partition coefficient (Wildman–Crippen LogP) is 0.817. The van der Waals surface area contributed by atoms with Crippen LogP contribution < -0.4 is 4.90 Å². The molecule has 0 unspecified atom stereocenters. The van der Waals surface area contributed by atoms with Crippen LogP contribution in [0, 0.1) is 6.92 Å². The second-order valence-corrected chi connectivity index (χ2v) is 4.46. The molecule has 3 heterocycles. The Bertz CT molecular complexity index is 647. The highest BCUT2D eigenvalue weighted by Crippen LogP contribution is 2.29. The van der Waals surface area contributed by atoms with E-state index in [1.807, 2.05) is 14.0 Å². The van der Waals surface area contributed by atoms with E-state index in [9.17, 15) is 4.79 Å². The number of hydrogen-bond acceptors (Lipinski definition) is 5. The van der Waals surface area contributed by atoms with E-state index in [4.69, 9.17) is 4.74 Å². The number of carbonyl (C=O) groups is 1. The third-order valence-electron chi connectivity index (χ3n) is 3.39. The topological polar surface area (TPSA) is 59.7 Å². The number of aryl methyl sites for hydroxylation is 1. The molecule has 0 saturated heterocycles. The van der Waals surface area contributed by atoms with Crippen LogP contribution in [0.1, 0.15) is 21.6 Å². The van der Waals surface area contributed by atoms with Gasteiger partial charge >= 0.3 is 5.97 Å². The average Bonchev–Trinajstić information content (AvgIpc) is 2.93. The molecule has 0 aliphatic carbocycles. The van der Waals surface area contributed by atoms with Crippen molar-refractivity contribution in [1.82, 2.24) is 14.6 Å². The molecule has 1 aliphatic heterocycles. The van der Waals surface area contributed by atoms with Crippen molar-refractivity contribution in [2.45, 2.75) is 13.3 Å². The lowest BCUT2D eigenvalue weighted by Gasteiger charge is -2.13. The number of aromatic nitrogens is 3. The van der Waals surface area contributed by atoms with Gasteiger partial charge in [0.1, 0.15) is 11.4 Å². The van der Waals surface area contributed by atoms with Crippen LogP contribution in [0.2, 0.25) is 0 Å². The fourth-order valence-electron chi connectivity index (χ4n) is 2.44. The monoisotopic (exact) mass is 246 g/mol. The maximum absolute atomic E-state index is 11.7. The van der Waals surface area contributed by atoms with Gasteiger partial charge in [0.15, 0.2) is 5.65 Å². The summed E-state index contributed by atoms with van der Waals surface area (Å²) in [5.74, 6) is 0.616. The second kappa shape index (κ2) is 3.69. The van der Waals surface area contributed by atoms with E-state index >= 15 is 0 Å². The Balaban J connectivity index is 2.33.